The van der Waals surface area contributed by atoms with E-state index in [0.29, 0.717) is 6.42 Å². The Morgan fingerprint density at radius 2 is 1.74 bits per heavy atom. The molecule has 31 heavy (non-hydrogen) atoms. The van der Waals surface area contributed by atoms with Gasteiger partial charge in [-0.25, -0.2) is 4.79 Å². The van der Waals surface area contributed by atoms with Crippen LogP contribution in [0.4, 0.5) is 4.79 Å². The fraction of sp³-hybridized carbons (Fsp3) is 0.810. The highest BCUT2D eigenvalue weighted by molar-refractivity contribution is 5.80. The minimum absolute atomic E-state index is 0.0392. The first kappa shape index (κ1) is 28.6. The molecule has 0 heterocycles. The van der Waals surface area contributed by atoms with Crippen molar-refractivity contribution in [1.29, 1.82) is 5.41 Å². The topological polar surface area (TPSA) is 167 Å². The highest BCUT2D eigenvalue weighted by Gasteiger charge is 2.26. The van der Waals surface area contributed by atoms with Crippen molar-refractivity contribution >= 4 is 23.7 Å². The van der Waals surface area contributed by atoms with Crippen LogP contribution in [0.3, 0.4) is 0 Å². The van der Waals surface area contributed by atoms with Gasteiger partial charge in [0.05, 0.1) is 18.0 Å². The van der Waals surface area contributed by atoms with Crippen LogP contribution in [0.5, 0.6) is 0 Å². The van der Waals surface area contributed by atoms with E-state index in [2.05, 4.69) is 22.9 Å². The number of carbonyl (C=O) groups is 3. The van der Waals surface area contributed by atoms with Gasteiger partial charge in [0.25, 0.3) is 0 Å². The molecule has 0 aliphatic heterocycles. The summed E-state index contributed by atoms with van der Waals surface area (Å²) in [6.45, 7) is 9.11. The summed E-state index contributed by atoms with van der Waals surface area (Å²) < 4.78 is 5.25. The van der Waals surface area contributed by atoms with Gasteiger partial charge in [-0.1, -0.05) is 19.8 Å². The Hall–Kier alpha value is -2.36. The number of alkyl carbamates (subject to hydrolysis) is 1. The normalized spacial score (nSPS) is 14.1. The maximum absolute atomic E-state index is 12.2. The summed E-state index contributed by atoms with van der Waals surface area (Å²) >= 11 is 0. The zero-order valence-corrected chi connectivity index (χ0v) is 19.5. The Morgan fingerprint density at radius 1 is 1.10 bits per heavy atom. The average Bonchev–Trinajstić information content (AvgIpc) is 2.59. The van der Waals surface area contributed by atoms with Crippen LogP contribution in [0.15, 0.2) is 0 Å². The quantitative estimate of drug-likeness (QED) is 0.135. The van der Waals surface area contributed by atoms with Crippen molar-refractivity contribution in [3.05, 3.63) is 0 Å². The lowest BCUT2D eigenvalue weighted by Gasteiger charge is -2.27. The van der Waals surface area contributed by atoms with Crippen molar-refractivity contribution in [2.24, 2.45) is 5.73 Å². The predicted molar refractivity (Wildman–Crippen MR) is 120 cm³/mol. The van der Waals surface area contributed by atoms with E-state index in [1.807, 2.05) is 0 Å². The van der Waals surface area contributed by atoms with Crippen LogP contribution >= 0.6 is 0 Å². The van der Waals surface area contributed by atoms with Crippen molar-refractivity contribution in [2.45, 2.75) is 103 Å². The molecule has 0 saturated heterocycles. The summed E-state index contributed by atoms with van der Waals surface area (Å²) in [7, 11) is 0. The third-order valence-electron chi connectivity index (χ3n) is 4.37. The summed E-state index contributed by atoms with van der Waals surface area (Å²) in [4.78, 5) is 36.4. The summed E-state index contributed by atoms with van der Waals surface area (Å²) in [5.74, 6) is -0.535. The van der Waals surface area contributed by atoms with E-state index in [0.717, 1.165) is 19.3 Å². The van der Waals surface area contributed by atoms with E-state index >= 15 is 0 Å². The van der Waals surface area contributed by atoms with Gasteiger partial charge in [0.15, 0.2) is 0 Å². The van der Waals surface area contributed by atoms with Crippen LogP contribution in [0.25, 0.3) is 0 Å². The Bertz CT molecular complexity index is 591. The van der Waals surface area contributed by atoms with Gasteiger partial charge in [-0.15, -0.1) is 0 Å². The molecule has 0 aliphatic rings. The van der Waals surface area contributed by atoms with Crippen molar-refractivity contribution in [3.63, 3.8) is 0 Å². The first-order valence-electron chi connectivity index (χ1n) is 10.9. The molecule has 3 amide bonds. The number of nitrogens with two attached hydrogens (primary N) is 1. The van der Waals surface area contributed by atoms with Gasteiger partial charge < -0.3 is 31.5 Å². The summed E-state index contributed by atoms with van der Waals surface area (Å²) in [5, 5.41) is 25.7. The van der Waals surface area contributed by atoms with Crippen molar-refractivity contribution in [2.75, 3.05) is 6.54 Å². The number of amidine groups is 1. The minimum atomic E-state index is -0.972. The van der Waals surface area contributed by atoms with Gasteiger partial charge in [-0.3, -0.25) is 15.0 Å². The molecule has 0 unspecified atom stereocenters. The molecule has 0 aromatic heterocycles. The predicted octanol–water partition coefficient (Wildman–Crippen LogP) is 1.55. The van der Waals surface area contributed by atoms with Gasteiger partial charge in [-0.2, -0.15) is 0 Å². The molecule has 0 radical (unpaired) electrons. The Labute approximate surface area is 185 Å². The van der Waals surface area contributed by atoms with Gasteiger partial charge in [0, 0.05) is 31.8 Å². The molecule has 0 aromatic carbocycles. The third kappa shape index (κ3) is 16.1. The largest absolute Gasteiger partial charge is 0.444 e. The molecular formula is C21H41N5O5. The number of hydrogen-bond acceptors (Lipinski definition) is 6. The van der Waals surface area contributed by atoms with Crippen LogP contribution in [-0.2, 0) is 14.3 Å². The van der Waals surface area contributed by atoms with E-state index in [1.165, 1.54) is 0 Å². The second-order valence-electron chi connectivity index (χ2n) is 8.79. The maximum Gasteiger partial charge on any atom is 0.407 e. The van der Waals surface area contributed by atoms with Crippen molar-refractivity contribution < 1.29 is 24.2 Å². The van der Waals surface area contributed by atoms with E-state index in [9.17, 15) is 19.5 Å². The molecule has 10 heteroatoms. The lowest BCUT2D eigenvalue weighted by atomic mass is 10.0. The monoisotopic (exact) mass is 443 g/mol. The molecule has 0 aliphatic carbocycles. The summed E-state index contributed by atoms with van der Waals surface area (Å²) in [6, 6.07) is -1.25. The van der Waals surface area contributed by atoms with Crippen molar-refractivity contribution in [3.8, 4) is 0 Å². The molecule has 0 rings (SSSR count). The molecule has 0 fully saturated rings. The first-order valence-corrected chi connectivity index (χ1v) is 10.9. The Morgan fingerprint density at radius 3 is 2.29 bits per heavy atom. The van der Waals surface area contributed by atoms with Gasteiger partial charge >= 0.3 is 6.09 Å². The van der Waals surface area contributed by atoms with Crippen LogP contribution in [0.2, 0.25) is 0 Å². The van der Waals surface area contributed by atoms with Gasteiger partial charge in [0.1, 0.15) is 5.60 Å². The van der Waals surface area contributed by atoms with E-state index in [-0.39, 0.29) is 43.5 Å². The summed E-state index contributed by atoms with van der Waals surface area (Å²) in [6.07, 6.45) is 1.67. The van der Waals surface area contributed by atoms with Gasteiger partial charge in [-0.05, 0) is 40.5 Å². The number of carbonyl (C=O) groups excluding carboxylic acids is 3. The zero-order valence-electron chi connectivity index (χ0n) is 19.5. The fourth-order valence-corrected chi connectivity index (χ4v) is 2.75. The van der Waals surface area contributed by atoms with Crippen molar-refractivity contribution in [1.82, 2.24) is 16.0 Å². The number of aliphatic hydroxyl groups is 1. The standard InChI is InChI=1S/C21H41N5O5/c1-6-7-8-9-18(28)25-14(2)16(27)12-15(26-20(30)31-21(3,4)5)13-19(29)24-11-10-17(22)23/h14-16,27H,6-13H2,1-5H3,(H3,22,23)(H,24,29)(H,25,28)(H,26,30)/t14-,15-,16-/m1/s1. The number of aliphatic hydroxyl groups excluding tert-OH is 1. The van der Waals surface area contributed by atoms with Crippen LogP contribution in [-0.4, -0.2) is 59.2 Å². The Kier molecular flexibility index (Phi) is 13.5. The van der Waals surface area contributed by atoms with Crippen LogP contribution < -0.4 is 21.7 Å². The number of unbranched alkanes of at least 4 members (excludes halogenated alkanes) is 2. The molecule has 0 bridgehead atoms. The van der Waals surface area contributed by atoms with Crippen LogP contribution in [0, 0.1) is 5.41 Å². The SMILES string of the molecule is CCCCCC(=O)N[C@H](C)[C@H](O)C[C@H](CC(=O)NCCC(=N)N)NC(=O)OC(C)(C)C. The first-order chi connectivity index (χ1) is 14.3. The molecule has 0 aromatic rings. The summed E-state index contributed by atoms with van der Waals surface area (Å²) in [5.41, 5.74) is 4.56. The average molecular weight is 444 g/mol. The second kappa shape index (κ2) is 14.6. The Balaban J connectivity index is 4.88. The molecule has 0 spiro atoms. The lowest BCUT2D eigenvalue weighted by Crippen LogP contribution is -2.47. The molecular weight excluding hydrogens is 402 g/mol. The molecule has 7 N–H and O–H groups in total. The smallest absolute Gasteiger partial charge is 0.407 e. The number of hydrogen-bond donors (Lipinski definition) is 6. The van der Waals surface area contributed by atoms with E-state index < -0.39 is 29.9 Å². The maximum atomic E-state index is 12.2. The minimum Gasteiger partial charge on any atom is -0.444 e. The van der Waals surface area contributed by atoms with Crippen LogP contribution in [0.1, 0.15) is 79.6 Å². The number of amides is 3. The van der Waals surface area contributed by atoms with E-state index in [1.54, 1.807) is 27.7 Å². The molecule has 3 atom stereocenters. The number of rotatable bonds is 14. The molecule has 10 nitrogen and oxygen atoms in total. The lowest BCUT2D eigenvalue weighted by molar-refractivity contribution is -0.123. The zero-order chi connectivity index (χ0) is 24.0. The fourth-order valence-electron chi connectivity index (χ4n) is 2.75. The molecule has 180 valence electrons. The number of ether oxygens (including phenoxy) is 1. The highest BCUT2D eigenvalue weighted by Crippen LogP contribution is 2.11. The highest BCUT2D eigenvalue weighted by atomic mass is 16.6. The third-order valence-corrected chi connectivity index (χ3v) is 4.37. The van der Waals surface area contributed by atoms with E-state index in [4.69, 9.17) is 15.9 Å². The number of nitrogens with one attached hydrogen (secondary N) is 4. The van der Waals surface area contributed by atoms with Gasteiger partial charge in [0.2, 0.25) is 11.8 Å². The molecule has 0 saturated carbocycles. The second-order valence-corrected chi connectivity index (χ2v) is 8.79.